The lowest BCUT2D eigenvalue weighted by Crippen LogP contribution is -2.51. The summed E-state index contributed by atoms with van der Waals surface area (Å²) in [6.07, 6.45) is 1.77. The normalized spacial score (nSPS) is 22.8. The summed E-state index contributed by atoms with van der Waals surface area (Å²) in [5, 5.41) is 3.27. The van der Waals surface area contributed by atoms with Gasteiger partial charge in [0.1, 0.15) is 16.4 Å². The number of rotatable bonds is 5. The first-order valence-corrected chi connectivity index (χ1v) is 8.44. The molecule has 1 aromatic rings. The quantitative estimate of drug-likeness (QED) is 0.852. The highest BCUT2D eigenvalue weighted by atomic mass is 32.2. The Hall–Kier alpha value is -1.31. The van der Waals surface area contributed by atoms with E-state index in [4.69, 9.17) is 9.47 Å². The Morgan fingerprint density at radius 1 is 1.29 bits per heavy atom. The predicted molar refractivity (Wildman–Crippen MR) is 80.4 cm³/mol. The Bertz CT molecular complexity index is 589. The number of hydrogen-bond donors (Lipinski definition) is 2. The van der Waals surface area contributed by atoms with Gasteiger partial charge in [-0.25, -0.2) is 13.1 Å². The average Bonchev–Trinajstić information content (AvgIpc) is 2.48. The first-order valence-electron chi connectivity index (χ1n) is 6.95. The molecule has 2 rings (SSSR count). The molecule has 1 aliphatic heterocycles. The molecule has 2 unspecified atom stereocenters. The van der Waals surface area contributed by atoms with Gasteiger partial charge in [0.25, 0.3) is 0 Å². The average molecular weight is 314 g/mol. The van der Waals surface area contributed by atoms with Crippen molar-refractivity contribution in [2.24, 2.45) is 0 Å². The van der Waals surface area contributed by atoms with Crippen LogP contribution in [0, 0.1) is 0 Å². The van der Waals surface area contributed by atoms with Gasteiger partial charge in [-0.05, 0) is 38.4 Å². The van der Waals surface area contributed by atoms with Crippen LogP contribution < -0.4 is 19.5 Å². The highest BCUT2D eigenvalue weighted by Gasteiger charge is 2.28. The van der Waals surface area contributed by atoms with Gasteiger partial charge in [0.2, 0.25) is 10.0 Å². The summed E-state index contributed by atoms with van der Waals surface area (Å²) >= 11 is 0. The summed E-state index contributed by atoms with van der Waals surface area (Å²) < 4.78 is 38.3. The second-order valence-electron chi connectivity index (χ2n) is 5.13. The second kappa shape index (κ2) is 6.64. The minimum absolute atomic E-state index is 0.0992. The van der Waals surface area contributed by atoms with Crippen molar-refractivity contribution in [1.29, 1.82) is 0 Å². The van der Waals surface area contributed by atoms with E-state index in [-0.39, 0.29) is 17.0 Å². The number of sulfonamides is 1. The van der Waals surface area contributed by atoms with Crippen LogP contribution >= 0.6 is 0 Å². The number of nitrogens with one attached hydrogen (secondary N) is 2. The zero-order valence-electron chi connectivity index (χ0n) is 12.5. The van der Waals surface area contributed by atoms with E-state index in [1.54, 1.807) is 12.1 Å². The third-order valence-corrected chi connectivity index (χ3v) is 5.24. The van der Waals surface area contributed by atoms with E-state index in [2.05, 4.69) is 10.0 Å². The molecule has 0 saturated carbocycles. The van der Waals surface area contributed by atoms with Gasteiger partial charge in [-0.1, -0.05) is 0 Å². The van der Waals surface area contributed by atoms with Gasteiger partial charge in [0.05, 0.1) is 14.2 Å². The van der Waals surface area contributed by atoms with Crippen molar-refractivity contribution in [3.05, 3.63) is 18.2 Å². The fourth-order valence-electron chi connectivity index (χ4n) is 2.46. The molecule has 118 valence electrons. The third-order valence-electron chi connectivity index (χ3n) is 3.73. The molecule has 1 heterocycles. The molecule has 2 N–H and O–H groups in total. The van der Waals surface area contributed by atoms with E-state index in [9.17, 15) is 8.42 Å². The molecule has 0 aliphatic carbocycles. The lowest BCUT2D eigenvalue weighted by atomic mass is 10.0. The van der Waals surface area contributed by atoms with Gasteiger partial charge in [0.15, 0.2) is 0 Å². The summed E-state index contributed by atoms with van der Waals surface area (Å²) in [5.41, 5.74) is 0. The highest BCUT2D eigenvalue weighted by molar-refractivity contribution is 7.89. The Morgan fingerprint density at radius 3 is 2.67 bits per heavy atom. The van der Waals surface area contributed by atoms with E-state index < -0.39 is 10.0 Å². The second-order valence-corrected chi connectivity index (χ2v) is 6.81. The summed E-state index contributed by atoms with van der Waals surface area (Å²) in [5.74, 6) is 0.783. The van der Waals surface area contributed by atoms with E-state index in [0.29, 0.717) is 11.5 Å². The lowest BCUT2D eigenvalue weighted by molar-refractivity contribution is 0.347. The van der Waals surface area contributed by atoms with Gasteiger partial charge in [-0.2, -0.15) is 0 Å². The monoisotopic (exact) mass is 314 g/mol. The van der Waals surface area contributed by atoms with Crippen LogP contribution in [0.25, 0.3) is 0 Å². The van der Waals surface area contributed by atoms with Crippen molar-refractivity contribution < 1.29 is 17.9 Å². The van der Waals surface area contributed by atoms with Crippen LogP contribution in [0.5, 0.6) is 11.5 Å². The number of ether oxygens (including phenoxy) is 2. The molecule has 21 heavy (non-hydrogen) atoms. The number of hydrogen-bond acceptors (Lipinski definition) is 5. The van der Waals surface area contributed by atoms with Crippen LogP contribution in [0.4, 0.5) is 0 Å². The van der Waals surface area contributed by atoms with Crippen molar-refractivity contribution in [3.63, 3.8) is 0 Å². The topological polar surface area (TPSA) is 76.7 Å². The molecule has 6 nitrogen and oxygen atoms in total. The van der Waals surface area contributed by atoms with Crippen molar-refractivity contribution in [2.75, 3.05) is 20.8 Å². The van der Waals surface area contributed by atoms with Gasteiger partial charge in [-0.3, -0.25) is 0 Å². The Balaban J connectivity index is 2.30. The highest BCUT2D eigenvalue weighted by Crippen LogP contribution is 2.28. The molecule has 7 heteroatoms. The van der Waals surface area contributed by atoms with Crippen molar-refractivity contribution in [1.82, 2.24) is 10.0 Å². The Labute approximate surface area is 125 Å². The zero-order chi connectivity index (χ0) is 15.5. The van der Waals surface area contributed by atoms with E-state index in [1.807, 2.05) is 6.92 Å². The molecule has 0 radical (unpaired) electrons. The minimum atomic E-state index is -3.66. The van der Waals surface area contributed by atoms with Crippen LogP contribution in [0.1, 0.15) is 19.8 Å². The molecule has 0 aromatic heterocycles. The Kier molecular flexibility index (Phi) is 5.08. The van der Waals surface area contributed by atoms with Crippen LogP contribution in [-0.2, 0) is 10.0 Å². The summed E-state index contributed by atoms with van der Waals surface area (Å²) in [7, 11) is -0.714. The molecule has 1 aliphatic rings. The minimum Gasteiger partial charge on any atom is -0.497 e. The standard InChI is InChI=1S/C14H22N2O4S/c1-10-12(5-4-8-15-10)16-21(17,18)14-9-11(19-2)6-7-13(14)20-3/h6-7,9-10,12,15-16H,4-5,8H2,1-3H3. The maximum absolute atomic E-state index is 12.6. The fourth-order valence-corrected chi connectivity index (χ4v) is 4.00. The summed E-state index contributed by atoms with van der Waals surface area (Å²) in [6, 6.07) is 4.71. The maximum Gasteiger partial charge on any atom is 0.244 e. The van der Waals surface area contributed by atoms with E-state index in [1.165, 1.54) is 20.3 Å². The first-order chi connectivity index (χ1) is 9.97. The predicted octanol–water partition coefficient (Wildman–Crippen LogP) is 1.12. The smallest absolute Gasteiger partial charge is 0.244 e. The van der Waals surface area contributed by atoms with E-state index in [0.717, 1.165) is 19.4 Å². The van der Waals surface area contributed by atoms with Crippen molar-refractivity contribution >= 4 is 10.0 Å². The Morgan fingerprint density at radius 2 is 2.05 bits per heavy atom. The third kappa shape index (κ3) is 3.66. The van der Waals surface area contributed by atoms with Crippen LogP contribution in [-0.4, -0.2) is 41.3 Å². The van der Waals surface area contributed by atoms with Gasteiger partial charge in [0, 0.05) is 18.2 Å². The van der Waals surface area contributed by atoms with Crippen LogP contribution in [0.3, 0.4) is 0 Å². The van der Waals surface area contributed by atoms with E-state index >= 15 is 0 Å². The molecule has 0 bridgehead atoms. The molecule has 2 atom stereocenters. The molecular weight excluding hydrogens is 292 g/mol. The van der Waals surface area contributed by atoms with Gasteiger partial charge < -0.3 is 14.8 Å². The van der Waals surface area contributed by atoms with Crippen LogP contribution in [0.2, 0.25) is 0 Å². The summed E-state index contributed by atoms with van der Waals surface area (Å²) in [4.78, 5) is 0.0992. The largest absolute Gasteiger partial charge is 0.497 e. The number of methoxy groups -OCH3 is 2. The number of piperidine rings is 1. The summed E-state index contributed by atoms with van der Waals surface area (Å²) in [6.45, 7) is 2.90. The molecule has 1 saturated heterocycles. The zero-order valence-corrected chi connectivity index (χ0v) is 13.4. The lowest BCUT2D eigenvalue weighted by Gasteiger charge is -2.30. The SMILES string of the molecule is COc1ccc(OC)c(S(=O)(=O)NC2CCCNC2C)c1. The molecule has 0 amide bonds. The fraction of sp³-hybridized carbons (Fsp3) is 0.571. The molecule has 1 aromatic carbocycles. The van der Waals surface area contributed by atoms with Crippen LogP contribution in [0.15, 0.2) is 23.1 Å². The molecular formula is C14H22N2O4S. The maximum atomic E-state index is 12.6. The van der Waals surface area contributed by atoms with Gasteiger partial charge in [-0.15, -0.1) is 0 Å². The molecule has 0 spiro atoms. The van der Waals surface area contributed by atoms with Crippen molar-refractivity contribution in [2.45, 2.75) is 36.7 Å². The van der Waals surface area contributed by atoms with Gasteiger partial charge >= 0.3 is 0 Å². The molecule has 1 fully saturated rings. The van der Waals surface area contributed by atoms with Crippen molar-refractivity contribution in [3.8, 4) is 11.5 Å². The first kappa shape index (κ1) is 16.1. The number of benzene rings is 1.